The molecule has 2 nitrogen and oxygen atoms in total. The van der Waals surface area contributed by atoms with Crippen molar-refractivity contribution in [1.82, 2.24) is 0 Å². The van der Waals surface area contributed by atoms with Gasteiger partial charge in [0.15, 0.2) is 0 Å². The molecule has 0 rings (SSSR count). The van der Waals surface area contributed by atoms with E-state index in [0.29, 0.717) is 24.4 Å². The maximum absolute atomic E-state index is 10.6. The van der Waals surface area contributed by atoms with Crippen LogP contribution in [0.15, 0.2) is 0 Å². The van der Waals surface area contributed by atoms with Crippen LogP contribution in [-0.2, 0) is 9.53 Å². The van der Waals surface area contributed by atoms with Gasteiger partial charge in [-0.05, 0) is 17.8 Å². The van der Waals surface area contributed by atoms with Crippen molar-refractivity contribution in [2.75, 3.05) is 6.61 Å². The molecule has 0 bridgehead atoms. The van der Waals surface area contributed by atoms with Gasteiger partial charge in [0.1, 0.15) is 0 Å². The van der Waals surface area contributed by atoms with E-state index in [2.05, 4.69) is 27.7 Å². The Kier molecular flexibility index (Phi) is 4.95. The fraction of sp³-hybridized carbons (Fsp3) is 0.900. The quantitative estimate of drug-likeness (QED) is 0.609. The Morgan fingerprint density at radius 1 is 1.17 bits per heavy atom. The summed E-state index contributed by atoms with van der Waals surface area (Å²) in [5.41, 5.74) is 0. The molecule has 0 N–H and O–H groups in total. The summed E-state index contributed by atoms with van der Waals surface area (Å²) in [5.74, 6) is 1.45. The molecule has 12 heavy (non-hydrogen) atoms. The van der Waals surface area contributed by atoms with Gasteiger partial charge in [0.2, 0.25) is 0 Å². The van der Waals surface area contributed by atoms with Gasteiger partial charge in [-0.3, -0.25) is 4.79 Å². The summed E-state index contributed by atoms with van der Waals surface area (Å²) in [7, 11) is 0. The summed E-state index contributed by atoms with van der Waals surface area (Å²) >= 11 is 0. The van der Waals surface area contributed by atoms with Crippen LogP contribution in [0, 0.1) is 17.8 Å². The molecule has 0 radical (unpaired) electrons. The molecule has 0 aromatic rings. The molecule has 0 unspecified atom stereocenters. The number of rotatable bonds is 4. The van der Waals surface area contributed by atoms with Crippen molar-refractivity contribution < 1.29 is 9.53 Å². The van der Waals surface area contributed by atoms with Crippen LogP contribution in [0.1, 0.15) is 34.6 Å². The van der Waals surface area contributed by atoms with Gasteiger partial charge < -0.3 is 4.74 Å². The smallest absolute Gasteiger partial charge is 0.302 e. The van der Waals surface area contributed by atoms with Gasteiger partial charge in [-0.2, -0.15) is 0 Å². The Hall–Kier alpha value is -0.530. The lowest BCUT2D eigenvalue weighted by atomic mass is 9.86. The molecule has 0 saturated carbocycles. The first-order valence-electron chi connectivity index (χ1n) is 4.58. The van der Waals surface area contributed by atoms with Crippen LogP contribution in [-0.4, -0.2) is 12.6 Å². The van der Waals surface area contributed by atoms with Crippen molar-refractivity contribution in [3.63, 3.8) is 0 Å². The summed E-state index contributed by atoms with van der Waals surface area (Å²) in [6.45, 7) is 10.7. The number of ether oxygens (including phenoxy) is 1. The van der Waals surface area contributed by atoms with Crippen molar-refractivity contribution in [1.29, 1.82) is 0 Å². The van der Waals surface area contributed by atoms with Crippen LogP contribution in [0.3, 0.4) is 0 Å². The number of esters is 1. The van der Waals surface area contributed by atoms with Crippen LogP contribution in [0.4, 0.5) is 0 Å². The molecule has 0 spiro atoms. The highest BCUT2D eigenvalue weighted by atomic mass is 16.5. The lowest BCUT2D eigenvalue weighted by Gasteiger charge is -2.23. The number of hydrogen-bond donors (Lipinski definition) is 0. The Bertz CT molecular complexity index is 131. The zero-order valence-electron chi connectivity index (χ0n) is 8.76. The lowest BCUT2D eigenvalue weighted by molar-refractivity contribution is -0.143. The summed E-state index contributed by atoms with van der Waals surface area (Å²) in [5, 5.41) is 0. The summed E-state index contributed by atoms with van der Waals surface area (Å²) in [4.78, 5) is 10.6. The number of hydrogen-bond acceptors (Lipinski definition) is 2. The zero-order chi connectivity index (χ0) is 9.72. The highest BCUT2D eigenvalue weighted by Gasteiger charge is 2.18. The van der Waals surface area contributed by atoms with Crippen molar-refractivity contribution in [3.8, 4) is 0 Å². The second-order valence-electron chi connectivity index (χ2n) is 3.95. The molecule has 0 fully saturated rings. The molecular weight excluding hydrogens is 152 g/mol. The van der Waals surface area contributed by atoms with Crippen molar-refractivity contribution in [2.24, 2.45) is 17.8 Å². The van der Waals surface area contributed by atoms with E-state index in [1.165, 1.54) is 6.92 Å². The largest absolute Gasteiger partial charge is 0.466 e. The molecular formula is C10H20O2. The molecule has 0 heterocycles. The summed E-state index contributed by atoms with van der Waals surface area (Å²) < 4.78 is 4.99. The van der Waals surface area contributed by atoms with E-state index in [0.717, 1.165) is 0 Å². The normalized spacial score (nSPS) is 11.3. The van der Waals surface area contributed by atoms with Crippen LogP contribution < -0.4 is 0 Å². The molecule has 0 aliphatic rings. The van der Waals surface area contributed by atoms with Crippen molar-refractivity contribution >= 4 is 5.97 Å². The topological polar surface area (TPSA) is 26.3 Å². The Balaban J connectivity index is 3.88. The first-order valence-corrected chi connectivity index (χ1v) is 4.58. The van der Waals surface area contributed by atoms with E-state index < -0.39 is 0 Å². The minimum Gasteiger partial charge on any atom is -0.466 e. The average Bonchev–Trinajstić information content (AvgIpc) is 1.84. The minimum absolute atomic E-state index is 0.179. The molecule has 0 aliphatic heterocycles. The molecule has 0 aliphatic carbocycles. The van der Waals surface area contributed by atoms with Gasteiger partial charge in [-0.1, -0.05) is 27.7 Å². The van der Waals surface area contributed by atoms with Gasteiger partial charge >= 0.3 is 5.97 Å². The number of carbonyl (C=O) groups excluding carboxylic acids is 1. The molecule has 0 amide bonds. The van der Waals surface area contributed by atoms with Crippen LogP contribution >= 0.6 is 0 Å². The first kappa shape index (κ1) is 11.5. The monoisotopic (exact) mass is 172 g/mol. The third-order valence-electron chi connectivity index (χ3n) is 2.19. The Morgan fingerprint density at radius 3 is 1.83 bits per heavy atom. The van der Waals surface area contributed by atoms with E-state index in [9.17, 15) is 4.79 Å². The molecule has 0 saturated heterocycles. The second kappa shape index (κ2) is 5.18. The summed E-state index contributed by atoms with van der Waals surface area (Å²) in [6.07, 6.45) is 0. The predicted molar refractivity (Wildman–Crippen MR) is 49.8 cm³/mol. The minimum atomic E-state index is -0.179. The lowest BCUT2D eigenvalue weighted by Crippen LogP contribution is -2.22. The van der Waals surface area contributed by atoms with Gasteiger partial charge in [-0.15, -0.1) is 0 Å². The van der Waals surface area contributed by atoms with E-state index >= 15 is 0 Å². The van der Waals surface area contributed by atoms with Gasteiger partial charge in [0, 0.05) is 6.92 Å². The fourth-order valence-corrected chi connectivity index (χ4v) is 1.37. The van der Waals surface area contributed by atoms with Crippen molar-refractivity contribution in [3.05, 3.63) is 0 Å². The molecule has 72 valence electrons. The van der Waals surface area contributed by atoms with E-state index in [1.54, 1.807) is 0 Å². The van der Waals surface area contributed by atoms with Crippen molar-refractivity contribution in [2.45, 2.75) is 34.6 Å². The van der Waals surface area contributed by atoms with E-state index in [4.69, 9.17) is 4.74 Å². The standard InChI is InChI=1S/C10H20O2/c1-7(2)10(8(3)4)6-12-9(5)11/h7-8,10H,6H2,1-5H3. The van der Waals surface area contributed by atoms with Gasteiger partial charge in [0.25, 0.3) is 0 Å². The van der Waals surface area contributed by atoms with Crippen LogP contribution in [0.2, 0.25) is 0 Å². The Morgan fingerprint density at radius 2 is 1.58 bits per heavy atom. The fourth-order valence-electron chi connectivity index (χ4n) is 1.37. The third kappa shape index (κ3) is 4.37. The maximum Gasteiger partial charge on any atom is 0.302 e. The summed E-state index contributed by atoms with van der Waals surface area (Å²) in [6, 6.07) is 0. The highest BCUT2D eigenvalue weighted by Crippen LogP contribution is 2.20. The first-order chi connectivity index (χ1) is 5.45. The highest BCUT2D eigenvalue weighted by molar-refractivity contribution is 5.65. The molecule has 0 aromatic carbocycles. The average molecular weight is 172 g/mol. The van der Waals surface area contributed by atoms with E-state index in [1.807, 2.05) is 0 Å². The van der Waals surface area contributed by atoms with Crippen LogP contribution in [0.5, 0.6) is 0 Å². The van der Waals surface area contributed by atoms with Gasteiger partial charge in [0.05, 0.1) is 6.61 Å². The zero-order valence-corrected chi connectivity index (χ0v) is 8.76. The molecule has 0 aromatic heterocycles. The molecule has 0 atom stereocenters. The SMILES string of the molecule is CC(=O)OCC(C(C)C)C(C)C. The van der Waals surface area contributed by atoms with Crippen LogP contribution in [0.25, 0.3) is 0 Å². The van der Waals surface area contributed by atoms with E-state index in [-0.39, 0.29) is 5.97 Å². The predicted octanol–water partition coefficient (Wildman–Crippen LogP) is 2.48. The molecule has 2 heteroatoms. The van der Waals surface area contributed by atoms with Gasteiger partial charge in [-0.25, -0.2) is 0 Å². The third-order valence-corrected chi connectivity index (χ3v) is 2.19. The Labute approximate surface area is 75.3 Å². The maximum atomic E-state index is 10.6. The second-order valence-corrected chi connectivity index (χ2v) is 3.95. The number of carbonyl (C=O) groups is 1.